The third-order valence-electron chi connectivity index (χ3n) is 4.36. The fraction of sp³-hybridized carbons (Fsp3) is 0.136. The molecule has 0 fully saturated rings. The topological polar surface area (TPSA) is 86.0 Å². The second-order valence-electron chi connectivity index (χ2n) is 6.78. The number of rotatable bonds is 5. The van der Waals surface area contributed by atoms with Crippen molar-refractivity contribution >= 4 is 28.2 Å². The van der Waals surface area contributed by atoms with E-state index in [1.807, 2.05) is 48.5 Å². The number of hydrogen-bond donors (Lipinski definition) is 2. The molecule has 0 aliphatic rings. The summed E-state index contributed by atoms with van der Waals surface area (Å²) in [4.78, 5) is 13.4. The second kappa shape index (κ2) is 7.52. The zero-order chi connectivity index (χ0) is 19.5. The van der Waals surface area contributed by atoms with Crippen LogP contribution in [0.15, 0.2) is 67.0 Å². The number of nitrogens with two attached hydrogens (primary N) is 1. The minimum atomic E-state index is 0.338. The van der Waals surface area contributed by atoms with Crippen molar-refractivity contribution in [2.45, 2.75) is 19.8 Å². The van der Waals surface area contributed by atoms with Gasteiger partial charge in [-0.1, -0.05) is 26.0 Å². The Hall–Kier alpha value is -3.67. The number of nitrogens with zero attached hydrogens (tertiary/aromatic N) is 3. The molecule has 4 aromatic rings. The normalized spacial score (nSPS) is 11.0. The van der Waals surface area contributed by atoms with Gasteiger partial charge in [-0.2, -0.15) is 0 Å². The van der Waals surface area contributed by atoms with Crippen LogP contribution in [0.3, 0.4) is 0 Å². The molecule has 6 heteroatoms. The van der Waals surface area contributed by atoms with Crippen molar-refractivity contribution in [3.8, 4) is 11.5 Å². The number of anilines is 3. The first-order valence-electron chi connectivity index (χ1n) is 9.11. The van der Waals surface area contributed by atoms with E-state index in [9.17, 15) is 0 Å². The Morgan fingerprint density at radius 2 is 1.71 bits per heavy atom. The molecule has 0 amide bonds. The molecule has 0 atom stereocenters. The Morgan fingerprint density at radius 1 is 0.929 bits per heavy atom. The number of pyridine rings is 1. The van der Waals surface area contributed by atoms with Crippen LogP contribution in [0.5, 0.6) is 11.5 Å². The lowest BCUT2D eigenvalue weighted by Crippen LogP contribution is -2.00. The third kappa shape index (κ3) is 3.71. The van der Waals surface area contributed by atoms with Crippen LogP contribution in [0.4, 0.5) is 17.2 Å². The van der Waals surface area contributed by atoms with Gasteiger partial charge in [-0.3, -0.25) is 0 Å². The summed E-state index contributed by atoms with van der Waals surface area (Å²) in [7, 11) is 0. The van der Waals surface area contributed by atoms with Gasteiger partial charge in [0, 0.05) is 11.4 Å². The highest BCUT2D eigenvalue weighted by atomic mass is 16.5. The summed E-state index contributed by atoms with van der Waals surface area (Å²) in [6.07, 6.45) is 1.52. The van der Waals surface area contributed by atoms with Crippen molar-refractivity contribution in [2.75, 3.05) is 11.1 Å². The molecule has 0 aliphatic heterocycles. The summed E-state index contributed by atoms with van der Waals surface area (Å²) in [6, 6.07) is 19.0. The van der Waals surface area contributed by atoms with E-state index < -0.39 is 0 Å². The van der Waals surface area contributed by atoms with Crippen LogP contribution in [0.2, 0.25) is 0 Å². The van der Waals surface area contributed by atoms with Gasteiger partial charge in [-0.15, -0.1) is 0 Å². The predicted octanol–water partition coefficient (Wildman–Crippen LogP) is 5.27. The maximum atomic E-state index is 6.02. The van der Waals surface area contributed by atoms with Crippen molar-refractivity contribution in [3.63, 3.8) is 0 Å². The minimum absolute atomic E-state index is 0.338. The average molecular weight is 371 g/mol. The van der Waals surface area contributed by atoms with Crippen LogP contribution in [-0.4, -0.2) is 15.0 Å². The summed E-state index contributed by atoms with van der Waals surface area (Å²) >= 11 is 0. The van der Waals surface area contributed by atoms with Gasteiger partial charge in [0.15, 0.2) is 11.4 Å². The highest BCUT2D eigenvalue weighted by Gasteiger charge is 2.11. The van der Waals surface area contributed by atoms with Gasteiger partial charge in [-0.05, 0) is 54.4 Å². The highest BCUT2D eigenvalue weighted by Crippen LogP contribution is 2.33. The fourth-order valence-electron chi connectivity index (χ4n) is 2.83. The summed E-state index contributed by atoms with van der Waals surface area (Å²) in [5.74, 6) is 2.41. The van der Waals surface area contributed by atoms with Crippen LogP contribution in [0.25, 0.3) is 11.0 Å². The van der Waals surface area contributed by atoms with Gasteiger partial charge in [0.25, 0.3) is 0 Å². The quantitative estimate of drug-likeness (QED) is 0.465. The highest BCUT2D eigenvalue weighted by molar-refractivity contribution is 5.89. The molecule has 0 spiro atoms. The van der Waals surface area contributed by atoms with Gasteiger partial charge in [0.1, 0.15) is 17.9 Å². The van der Waals surface area contributed by atoms with Crippen molar-refractivity contribution in [1.82, 2.24) is 15.0 Å². The van der Waals surface area contributed by atoms with Crippen molar-refractivity contribution in [2.24, 2.45) is 0 Å². The first-order chi connectivity index (χ1) is 13.6. The van der Waals surface area contributed by atoms with Crippen molar-refractivity contribution in [1.29, 1.82) is 0 Å². The molecule has 28 heavy (non-hydrogen) atoms. The number of hydrogen-bond acceptors (Lipinski definition) is 6. The Labute approximate surface area is 163 Å². The number of nitrogen functional groups attached to an aromatic ring is 1. The number of para-hydroxylation sites is 2. The van der Waals surface area contributed by atoms with E-state index in [-0.39, 0.29) is 0 Å². The van der Waals surface area contributed by atoms with Gasteiger partial charge < -0.3 is 15.8 Å². The molecule has 2 aromatic heterocycles. The zero-order valence-electron chi connectivity index (χ0n) is 15.8. The summed E-state index contributed by atoms with van der Waals surface area (Å²) in [5, 5.41) is 4.21. The first kappa shape index (κ1) is 17.7. The fourth-order valence-corrected chi connectivity index (χ4v) is 2.83. The Balaban J connectivity index is 1.67. The predicted molar refractivity (Wildman–Crippen MR) is 112 cm³/mol. The van der Waals surface area contributed by atoms with Crippen LogP contribution in [0, 0.1) is 0 Å². The Kier molecular flexibility index (Phi) is 4.76. The van der Waals surface area contributed by atoms with Gasteiger partial charge in [0.05, 0.1) is 11.1 Å². The number of ether oxygens (including phenoxy) is 1. The van der Waals surface area contributed by atoms with E-state index in [1.165, 1.54) is 6.33 Å². The summed E-state index contributed by atoms with van der Waals surface area (Å²) in [6.45, 7) is 4.22. The molecule has 3 N–H and O–H groups in total. The minimum Gasteiger partial charge on any atom is -0.455 e. The molecule has 0 unspecified atom stereocenters. The lowest BCUT2D eigenvalue weighted by Gasteiger charge is -2.14. The van der Waals surface area contributed by atoms with Crippen LogP contribution < -0.4 is 15.8 Å². The molecule has 0 saturated heterocycles. The first-order valence-corrected chi connectivity index (χ1v) is 9.11. The Morgan fingerprint density at radius 3 is 2.50 bits per heavy atom. The SMILES string of the molecule is CC(C)c1ccc2c(Nc3ccccc3Oc3ccc(N)cc3)ncnc2n1. The molecule has 2 heterocycles. The molecule has 0 saturated carbocycles. The van der Waals surface area contributed by atoms with Crippen molar-refractivity contribution in [3.05, 3.63) is 72.7 Å². The molecule has 4 rings (SSSR count). The van der Waals surface area contributed by atoms with E-state index in [1.54, 1.807) is 12.1 Å². The van der Waals surface area contributed by atoms with Gasteiger partial charge in [-0.25, -0.2) is 15.0 Å². The van der Waals surface area contributed by atoms with Crippen molar-refractivity contribution < 1.29 is 4.74 Å². The lowest BCUT2D eigenvalue weighted by atomic mass is 10.1. The van der Waals surface area contributed by atoms with E-state index in [0.717, 1.165) is 16.8 Å². The van der Waals surface area contributed by atoms with Crippen LogP contribution in [-0.2, 0) is 0 Å². The molecule has 140 valence electrons. The number of benzene rings is 2. The molecular formula is C22H21N5O. The molecule has 2 aromatic carbocycles. The molecule has 6 nitrogen and oxygen atoms in total. The lowest BCUT2D eigenvalue weighted by molar-refractivity contribution is 0.485. The molecule has 0 radical (unpaired) electrons. The largest absolute Gasteiger partial charge is 0.455 e. The monoisotopic (exact) mass is 371 g/mol. The third-order valence-corrected chi connectivity index (χ3v) is 4.36. The molecular weight excluding hydrogens is 350 g/mol. The number of fused-ring (bicyclic) bond motifs is 1. The smallest absolute Gasteiger partial charge is 0.164 e. The summed E-state index contributed by atoms with van der Waals surface area (Å²) in [5.41, 5.74) is 8.91. The zero-order valence-corrected chi connectivity index (χ0v) is 15.8. The van der Waals surface area contributed by atoms with E-state index >= 15 is 0 Å². The maximum absolute atomic E-state index is 6.02. The van der Waals surface area contributed by atoms with E-state index in [2.05, 4.69) is 34.1 Å². The summed E-state index contributed by atoms with van der Waals surface area (Å²) < 4.78 is 6.02. The molecule has 0 bridgehead atoms. The van der Waals surface area contributed by atoms with Gasteiger partial charge >= 0.3 is 0 Å². The maximum Gasteiger partial charge on any atom is 0.164 e. The second-order valence-corrected chi connectivity index (χ2v) is 6.78. The van der Waals surface area contributed by atoms with E-state index in [0.29, 0.717) is 34.6 Å². The Bertz CT molecular complexity index is 1110. The average Bonchev–Trinajstić information content (AvgIpc) is 2.71. The number of nitrogens with one attached hydrogen (secondary N) is 1. The number of aromatic nitrogens is 3. The van der Waals surface area contributed by atoms with E-state index in [4.69, 9.17) is 10.5 Å². The molecule has 0 aliphatic carbocycles. The van der Waals surface area contributed by atoms with Crippen LogP contribution >= 0.6 is 0 Å². The standard InChI is InChI=1S/C22H21N5O/c1-14(2)18-12-11-17-21(26-18)24-13-25-22(17)27-19-5-3-4-6-20(19)28-16-9-7-15(23)8-10-16/h3-14H,23H2,1-2H3,(H,24,25,26,27). The van der Waals surface area contributed by atoms with Crippen LogP contribution in [0.1, 0.15) is 25.5 Å². The van der Waals surface area contributed by atoms with Gasteiger partial charge in [0.2, 0.25) is 0 Å².